The molecule has 108 valence electrons. The van der Waals surface area contributed by atoms with E-state index in [4.69, 9.17) is 9.05 Å². The Hall–Kier alpha value is 0.0200. The highest BCUT2D eigenvalue weighted by Crippen LogP contribution is 2.33. The number of rotatable bonds is 10. The molecular weight excluding hydrogens is 247 g/mol. The third kappa shape index (κ3) is 9.02. The maximum Gasteiger partial charge on any atom is 0.697 e. The predicted octanol–water partition coefficient (Wildman–Crippen LogP) is 5.33. The fourth-order valence-electron chi connectivity index (χ4n) is 1.99. The van der Waals surface area contributed by atoms with E-state index in [9.17, 15) is 4.57 Å². The zero-order valence-corrected chi connectivity index (χ0v) is 13.8. The molecule has 4 heteroatoms. The lowest BCUT2D eigenvalue weighted by Gasteiger charge is -2.21. The Morgan fingerprint density at radius 1 is 0.833 bits per heavy atom. The van der Waals surface area contributed by atoms with Gasteiger partial charge in [0.25, 0.3) is 0 Å². The smallest absolute Gasteiger partial charge is 0.119 e. The molecule has 0 unspecified atom stereocenters. The Bertz CT molecular complexity index is 225. The molecule has 0 bridgehead atoms. The van der Waals surface area contributed by atoms with Gasteiger partial charge in [-0.3, -0.25) is 0 Å². The molecule has 0 aromatic heterocycles. The van der Waals surface area contributed by atoms with Crippen LogP contribution in [-0.4, -0.2) is 13.2 Å². The maximum atomic E-state index is 11.6. The first-order chi connectivity index (χ1) is 8.22. The van der Waals surface area contributed by atoms with Gasteiger partial charge in [0.1, 0.15) is 13.2 Å². The van der Waals surface area contributed by atoms with Crippen LogP contribution in [0.15, 0.2) is 0 Å². The van der Waals surface area contributed by atoms with Crippen molar-refractivity contribution in [2.75, 3.05) is 13.2 Å². The maximum absolute atomic E-state index is 11.6. The summed E-state index contributed by atoms with van der Waals surface area (Å²) < 4.78 is 22.3. The molecule has 0 fully saturated rings. The minimum absolute atomic E-state index is 0.0715. The Kier molecular flexibility index (Phi) is 8.25. The van der Waals surface area contributed by atoms with Gasteiger partial charge in [0.2, 0.25) is 0 Å². The summed E-state index contributed by atoms with van der Waals surface area (Å²) >= 11 is 0. The van der Waals surface area contributed by atoms with E-state index in [2.05, 4.69) is 41.5 Å². The van der Waals surface area contributed by atoms with Gasteiger partial charge in [-0.05, 0) is 23.7 Å². The van der Waals surface area contributed by atoms with Crippen LogP contribution in [-0.2, 0) is 13.6 Å². The molecule has 0 aromatic rings. The Labute approximate surface area is 114 Å². The monoisotopic (exact) mass is 277 g/mol. The molecule has 0 saturated heterocycles. The van der Waals surface area contributed by atoms with Crippen molar-refractivity contribution >= 4 is 8.25 Å². The SMILES string of the molecule is CCCC(C)(C)CO[P+](=O)OCC(C)(C)CCC. The highest BCUT2D eigenvalue weighted by Gasteiger charge is 2.30. The second kappa shape index (κ2) is 8.24. The second-order valence-electron chi connectivity index (χ2n) is 6.60. The van der Waals surface area contributed by atoms with Crippen molar-refractivity contribution in [3.8, 4) is 0 Å². The van der Waals surface area contributed by atoms with E-state index in [1.165, 1.54) is 0 Å². The van der Waals surface area contributed by atoms with Crippen molar-refractivity contribution in [3.63, 3.8) is 0 Å². The summed E-state index contributed by atoms with van der Waals surface area (Å²) in [6, 6.07) is 0. The summed E-state index contributed by atoms with van der Waals surface area (Å²) in [5.74, 6) is 0. The van der Waals surface area contributed by atoms with Gasteiger partial charge in [0.15, 0.2) is 0 Å². The first-order valence-corrected chi connectivity index (χ1v) is 8.05. The largest absolute Gasteiger partial charge is 0.697 e. The third-order valence-electron chi connectivity index (χ3n) is 2.97. The lowest BCUT2D eigenvalue weighted by atomic mass is 9.89. The summed E-state index contributed by atoms with van der Waals surface area (Å²) in [6.07, 6.45) is 4.35. The molecule has 0 rings (SSSR count). The Morgan fingerprint density at radius 3 is 1.44 bits per heavy atom. The van der Waals surface area contributed by atoms with Crippen LogP contribution in [0.25, 0.3) is 0 Å². The zero-order chi connectivity index (χ0) is 14.2. The molecule has 0 radical (unpaired) electrons. The van der Waals surface area contributed by atoms with Crippen LogP contribution in [0.1, 0.15) is 67.2 Å². The molecule has 0 aliphatic rings. The van der Waals surface area contributed by atoms with Crippen molar-refractivity contribution in [1.82, 2.24) is 0 Å². The summed E-state index contributed by atoms with van der Waals surface area (Å²) in [7, 11) is -1.98. The van der Waals surface area contributed by atoms with Crippen LogP contribution in [0.3, 0.4) is 0 Å². The van der Waals surface area contributed by atoms with Crippen LogP contribution in [0.4, 0.5) is 0 Å². The van der Waals surface area contributed by atoms with Gasteiger partial charge in [-0.1, -0.05) is 54.4 Å². The van der Waals surface area contributed by atoms with E-state index in [0.717, 1.165) is 25.7 Å². The average Bonchev–Trinajstić information content (AvgIpc) is 2.24. The van der Waals surface area contributed by atoms with Crippen LogP contribution < -0.4 is 0 Å². The van der Waals surface area contributed by atoms with Gasteiger partial charge in [-0.15, -0.1) is 9.05 Å². The van der Waals surface area contributed by atoms with E-state index in [-0.39, 0.29) is 10.8 Å². The molecule has 0 spiro atoms. The summed E-state index contributed by atoms with van der Waals surface area (Å²) in [5, 5.41) is 0. The molecule has 0 heterocycles. The summed E-state index contributed by atoms with van der Waals surface area (Å²) in [5.41, 5.74) is 0.143. The lowest BCUT2D eigenvalue weighted by Crippen LogP contribution is -2.19. The van der Waals surface area contributed by atoms with Gasteiger partial charge in [0.05, 0.1) is 0 Å². The minimum atomic E-state index is -1.98. The predicted molar refractivity (Wildman–Crippen MR) is 76.9 cm³/mol. The average molecular weight is 277 g/mol. The molecule has 0 aromatic carbocycles. The van der Waals surface area contributed by atoms with Gasteiger partial charge < -0.3 is 0 Å². The number of hydrogen-bond acceptors (Lipinski definition) is 3. The highest BCUT2D eigenvalue weighted by molar-refractivity contribution is 7.33. The van der Waals surface area contributed by atoms with E-state index in [1.807, 2.05) is 0 Å². The standard InChI is InChI=1S/C14H30O3P/c1-7-9-13(3,4)11-16-18(15)17-12-14(5,6)10-8-2/h7-12H2,1-6H3/q+1. The Morgan fingerprint density at radius 2 is 1.17 bits per heavy atom. The van der Waals surface area contributed by atoms with E-state index in [0.29, 0.717) is 13.2 Å². The Balaban J connectivity index is 3.92. The molecule has 3 nitrogen and oxygen atoms in total. The van der Waals surface area contributed by atoms with Crippen molar-refractivity contribution in [2.45, 2.75) is 67.2 Å². The lowest BCUT2D eigenvalue weighted by molar-refractivity contribution is 0.117. The molecule has 0 amide bonds. The van der Waals surface area contributed by atoms with E-state index < -0.39 is 8.25 Å². The van der Waals surface area contributed by atoms with Gasteiger partial charge in [-0.2, -0.15) is 0 Å². The van der Waals surface area contributed by atoms with Gasteiger partial charge in [-0.25, -0.2) is 0 Å². The topological polar surface area (TPSA) is 35.5 Å². The summed E-state index contributed by atoms with van der Waals surface area (Å²) in [6.45, 7) is 13.8. The molecule has 0 N–H and O–H groups in total. The molecule has 0 aliphatic heterocycles. The summed E-state index contributed by atoms with van der Waals surface area (Å²) in [4.78, 5) is 0. The van der Waals surface area contributed by atoms with Crippen LogP contribution in [0.2, 0.25) is 0 Å². The molecule has 0 saturated carbocycles. The molecule has 18 heavy (non-hydrogen) atoms. The zero-order valence-electron chi connectivity index (χ0n) is 12.9. The first-order valence-electron chi connectivity index (χ1n) is 6.95. The number of hydrogen-bond donors (Lipinski definition) is 0. The van der Waals surface area contributed by atoms with Crippen LogP contribution in [0, 0.1) is 10.8 Å². The van der Waals surface area contributed by atoms with Crippen molar-refractivity contribution < 1.29 is 13.6 Å². The minimum Gasteiger partial charge on any atom is -0.119 e. The van der Waals surface area contributed by atoms with Crippen molar-refractivity contribution in [1.29, 1.82) is 0 Å². The fraction of sp³-hybridized carbons (Fsp3) is 1.00. The van der Waals surface area contributed by atoms with Crippen molar-refractivity contribution in [3.05, 3.63) is 0 Å². The quantitative estimate of drug-likeness (QED) is 0.506. The second-order valence-corrected chi connectivity index (χ2v) is 7.56. The van der Waals surface area contributed by atoms with Gasteiger partial charge in [0, 0.05) is 4.57 Å². The highest BCUT2D eigenvalue weighted by atomic mass is 31.1. The van der Waals surface area contributed by atoms with Crippen LogP contribution >= 0.6 is 8.25 Å². The third-order valence-corrected chi connectivity index (χ3v) is 3.65. The fourth-order valence-corrected chi connectivity index (χ4v) is 2.97. The molecule has 0 atom stereocenters. The first kappa shape index (κ1) is 18.0. The normalized spacial score (nSPS) is 12.8. The molecular formula is C14H30O3P+. The van der Waals surface area contributed by atoms with E-state index >= 15 is 0 Å². The van der Waals surface area contributed by atoms with E-state index in [1.54, 1.807) is 0 Å². The van der Waals surface area contributed by atoms with Crippen LogP contribution in [0.5, 0.6) is 0 Å². The van der Waals surface area contributed by atoms with Crippen molar-refractivity contribution in [2.24, 2.45) is 10.8 Å². The van der Waals surface area contributed by atoms with Gasteiger partial charge >= 0.3 is 8.25 Å². The molecule has 0 aliphatic carbocycles.